The summed E-state index contributed by atoms with van der Waals surface area (Å²) in [5, 5.41) is 6.38. The maximum Gasteiger partial charge on any atom is 0.255 e. The van der Waals surface area contributed by atoms with E-state index in [1.807, 2.05) is 0 Å². The van der Waals surface area contributed by atoms with Crippen molar-refractivity contribution < 1.29 is 14.4 Å². The number of halogens is 2. The van der Waals surface area contributed by atoms with Crippen molar-refractivity contribution in [2.24, 2.45) is 5.92 Å². The number of anilines is 2. The Hall–Kier alpha value is -2.57. The second kappa shape index (κ2) is 9.96. The summed E-state index contributed by atoms with van der Waals surface area (Å²) < 4.78 is 0. The summed E-state index contributed by atoms with van der Waals surface area (Å²) in [5.41, 5.74) is 1.45. The molecule has 0 radical (unpaired) electrons. The van der Waals surface area contributed by atoms with Crippen molar-refractivity contribution >= 4 is 52.3 Å². The van der Waals surface area contributed by atoms with Crippen molar-refractivity contribution in [3.05, 3.63) is 58.1 Å². The van der Waals surface area contributed by atoms with Crippen LogP contribution in [0.3, 0.4) is 0 Å². The standard InChI is InChI=1S/C22H23Cl2N3O3/c1-2-3-10-27-13-15(11-20(27)28)22(30)25-17-7-4-14(5-8-17)21(29)26-19-9-6-16(23)12-18(19)24/h4-9,12,15H,2-3,10-11,13H2,1H3,(H,25,30)(H,26,29)/t15-/m1/s1. The third kappa shape index (κ3) is 5.52. The zero-order valence-electron chi connectivity index (χ0n) is 16.6. The van der Waals surface area contributed by atoms with Crippen molar-refractivity contribution in [2.75, 3.05) is 23.7 Å². The minimum atomic E-state index is -0.357. The van der Waals surface area contributed by atoms with Gasteiger partial charge in [0.1, 0.15) is 0 Å². The minimum absolute atomic E-state index is 0.0245. The van der Waals surface area contributed by atoms with E-state index in [9.17, 15) is 14.4 Å². The molecular formula is C22H23Cl2N3O3. The molecule has 3 rings (SSSR count). The van der Waals surface area contributed by atoms with Gasteiger partial charge in [-0.15, -0.1) is 0 Å². The Balaban J connectivity index is 1.57. The monoisotopic (exact) mass is 447 g/mol. The van der Waals surface area contributed by atoms with Crippen LogP contribution in [0.15, 0.2) is 42.5 Å². The molecule has 0 spiro atoms. The van der Waals surface area contributed by atoms with Crippen LogP contribution in [0.5, 0.6) is 0 Å². The van der Waals surface area contributed by atoms with Crippen molar-refractivity contribution in [1.82, 2.24) is 4.90 Å². The number of rotatable bonds is 7. The first-order chi connectivity index (χ1) is 14.4. The fraction of sp³-hybridized carbons (Fsp3) is 0.318. The number of unbranched alkanes of at least 4 members (excludes halogenated alkanes) is 1. The number of carbonyl (C=O) groups excluding carboxylic acids is 3. The van der Waals surface area contributed by atoms with E-state index in [0.29, 0.717) is 40.1 Å². The molecule has 2 aromatic carbocycles. The summed E-state index contributed by atoms with van der Waals surface area (Å²) >= 11 is 11.9. The molecule has 1 fully saturated rings. The van der Waals surface area contributed by atoms with Crippen LogP contribution in [-0.4, -0.2) is 35.7 Å². The molecule has 0 saturated carbocycles. The third-order valence-corrected chi connectivity index (χ3v) is 5.51. The molecule has 0 aliphatic carbocycles. The first-order valence-electron chi connectivity index (χ1n) is 9.82. The van der Waals surface area contributed by atoms with Gasteiger partial charge in [0.15, 0.2) is 0 Å². The second-order valence-corrected chi connectivity index (χ2v) is 8.08. The number of nitrogens with one attached hydrogen (secondary N) is 2. The maximum atomic E-state index is 12.5. The van der Waals surface area contributed by atoms with Gasteiger partial charge in [0, 0.05) is 35.8 Å². The Morgan fingerprint density at radius 2 is 1.83 bits per heavy atom. The highest BCUT2D eigenvalue weighted by Gasteiger charge is 2.33. The number of hydrogen-bond donors (Lipinski definition) is 2. The largest absolute Gasteiger partial charge is 0.342 e. The summed E-state index contributed by atoms with van der Waals surface area (Å²) in [6.45, 7) is 3.21. The molecule has 2 N–H and O–H groups in total. The van der Waals surface area contributed by atoms with Crippen LogP contribution in [0.2, 0.25) is 10.0 Å². The maximum absolute atomic E-state index is 12.5. The van der Waals surface area contributed by atoms with Gasteiger partial charge < -0.3 is 15.5 Å². The number of nitrogens with zero attached hydrogens (tertiary/aromatic N) is 1. The molecule has 1 aliphatic rings. The number of benzene rings is 2. The fourth-order valence-electron chi connectivity index (χ4n) is 3.25. The quantitative estimate of drug-likeness (QED) is 0.637. The first kappa shape index (κ1) is 22.1. The van der Waals surface area contributed by atoms with Gasteiger partial charge in [0.2, 0.25) is 11.8 Å². The van der Waals surface area contributed by atoms with Gasteiger partial charge in [0.25, 0.3) is 5.91 Å². The van der Waals surface area contributed by atoms with E-state index < -0.39 is 0 Å². The predicted octanol–water partition coefficient (Wildman–Crippen LogP) is 4.83. The van der Waals surface area contributed by atoms with E-state index in [4.69, 9.17) is 23.2 Å². The highest BCUT2D eigenvalue weighted by molar-refractivity contribution is 6.36. The zero-order chi connectivity index (χ0) is 21.7. The molecule has 1 aliphatic heterocycles. The van der Waals surface area contributed by atoms with Crippen molar-refractivity contribution in [2.45, 2.75) is 26.2 Å². The minimum Gasteiger partial charge on any atom is -0.342 e. The summed E-state index contributed by atoms with van der Waals surface area (Å²) in [6, 6.07) is 11.4. The second-order valence-electron chi connectivity index (χ2n) is 7.24. The molecule has 30 heavy (non-hydrogen) atoms. The molecule has 0 bridgehead atoms. The summed E-state index contributed by atoms with van der Waals surface area (Å²) in [7, 11) is 0. The van der Waals surface area contributed by atoms with Crippen LogP contribution in [0, 0.1) is 5.92 Å². The lowest BCUT2D eigenvalue weighted by molar-refractivity contribution is -0.128. The Bertz CT molecular complexity index is 947. The lowest BCUT2D eigenvalue weighted by atomic mass is 10.1. The number of hydrogen-bond acceptors (Lipinski definition) is 3. The third-order valence-electron chi connectivity index (χ3n) is 4.96. The van der Waals surface area contributed by atoms with Crippen molar-refractivity contribution in [1.29, 1.82) is 0 Å². The highest BCUT2D eigenvalue weighted by atomic mass is 35.5. The number of amides is 3. The van der Waals surface area contributed by atoms with Gasteiger partial charge in [0.05, 0.1) is 16.6 Å². The van der Waals surface area contributed by atoms with Gasteiger partial charge in [-0.3, -0.25) is 14.4 Å². The van der Waals surface area contributed by atoms with Crippen molar-refractivity contribution in [3.8, 4) is 0 Å². The summed E-state index contributed by atoms with van der Waals surface area (Å²) in [4.78, 5) is 38.7. The van der Waals surface area contributed by atoms with Gasteiger partial charge in [-0.1, -0.05) is 36.5 Å². The molecule has 3 amide bonds. The predicted molar refractivity (Wildman–Crippen MR) is 119 cm³/mol. The van der Waals surface area contributed by atoms with Crippen LogP contribution in [-0.2, 0) is 9.59 Å². The molecule has 0 unspecified atom stereocenters. The SMILES string of the molecule is CCCCN1C[C@H](C(=O)Nc2ccc(C(=O)Nc3ccc(Cl)cc3Cl)cc2)CC1=O. The average molecular weight is 448 g/mol. The molecule has 1 atom stereocenters. The normalized spacial score (nSPS) is 15.9. The van der Waals surface area contributed by atoms with Crippen LogP contribution in [0.1, 0.15) is 36.5 Å². The molecule has 1 heterocycles. The number of likely N-dealkylation sites (tertiary alicyclic amines) is 1. The zero-order valence-corrected chi connectivity index (χ0v) is 18.1. The smallest absolute Gasteiger partial charge is 0.255 e. The van der Waals surface area contributed by atoms with Gasteiger partial charge in [-0.25, -0.2) is 0 Å². The molecule has 0 aromatic heterocycles. The molecule has 1 saturated heterocycles. The van der Waals surface area contributed by atoms with E-state index in [2.05, 4.69) is 17.6 Å². The van der Waals surface area contributed by atoms with E-state index in [1.54, 1.807) is 47.4 Å². The molecular weight excluding hydrogens is 425 g/mol. The molecule has 2 aromatic rings. The van der Waals surface area contributed by atoms with Crippen LogP contribution in [0.25, 0.3) is 0 Å². The van der Waals surface area contributed by atoms with Crippen molar-refractivity contribution in [3.63, 3.8) is 0 Å². The van der Waals surface area contributed by atoms with E-state index in [-0.39, 0.29) is 30.1 Å². The Morgan fingerprint density at radius 1 is 1.10 bits per heavy atom. The first-order valence-corrected chi connectivity index (χ1v) is 10.6. The molecule has 8 heteroatoms. The molecule has 158 valence electrons. The topological polar surface area (TPSA) is 78.5 Å². The summed E-state index contributed by atoms with van der Waals surface area (Å²) in [6.07, 6.45) is 2.17. The van der Waals surface area contributed by atoms with Gasteiger partial charge in [-0.2, -0.15) is 0 Å². The van der Waals surface area contributed by atoms with Crippen LogP contribution in [0.4, 0.5) is 11.4 Å². The Labute approximate surface area is 185 Å². The lowest BCUT2D eigenvalue weighted by Crippen LogP contribution is -2.29. The highest BCUT2D eigenvalue weighted by Crippen LogP contribution is 2.26. The summed E-state index contributed by atoms with van der Waals surface area (Å²) in [5.74, 6) is -0.849. The van der Waals surface area contributed by atoms with E-state index in [0.717, 1.165) is 12.8 Å². The van der Waals surface area contributed by atoms with Crippen LogP contribution < -0.4 is 10.6 Å². The van der Waals surface area contributed by atoms with E-state index in [1.165, 1.54) is 0 Å². The Morgan fingerprint density at radius 3 is 2.50 bits per heavy atom. The van der Waals surface area contributed by atoms with E-state index >= 15 is 0 Å². The van der Waals surface area contributed by atoms with Gasteiger partial charge >= 0.3 is 0 Å². The average Bonchev–Trinajstić information content (AvgIpc) is 3.09. The van der Waals surface area contributed by atoms with Crippen LogP contribution >= 0.6 is 23.2 Å². The van der Waals surface area contributed by atoms with Gasteiger partial charge in [-0.05, 0) is 48.9 Å². The Kier molecular flexibility index (Phi) is 7.34. The number of carbonyl (C=O) groups is 3. The molecule has 6 nitrogen and oxygen atoms in total. The lowest BCUT2D eigenvalue weighted by Gasteiger charge is -2.16. The fourth-order valence-corrected chi connectivity index (χ4v) is 3.70.